The number of amides is 2. The highest BCUT2D eigenvalue weighted by Crippen LogP contribution is 2.29. The molecule has 7 heteroatoms. The minimum Gasteiger partial charge on any atom is -0.480 e. The van der Waals surface area contributed by atoms with E-state index in [1.807, 2.05) is 42.5 Å². The molecule has 0 atom stereocenters. The van der Waals surface area contributed by atoms with Crippen molar-refractivity contribution in [1.29, 1.82) is 0 Å². The van der Waals surface area contributed by atoms with Crippen LogP contribution in [0, 0.1) is 11.8 Å². The van der Waals surface area contributed by atoms with Gasteiger partial charge in [-0.1, -0.05) is 48.2 Å². The third kappa shape index (κ3) is 5.66. The summed E-state index contributed by atoms with van der Waals surface area (Å²) in [5, 5.41) is 7.00. The molecule has 0 aliphatic carbocycles. The molecule has 148 valence electrons. The van der Waals surface area contributed by atoms with Crippen LogP contribution < -0.4 is 15.4 Å². The molecule has 0 fully saturated rings. The molecular weight excluding hydrogens is 381 g/mol. The number of ether oxygens (including phenoxy) is 1. The third-order valence-electron chi connectivity index (χ3n) is 3.98. The van der Waals surface area contributed by atoms with Gasteiger partial charge in [0.05, 0.1) is 12.1 Å². The van der Waals surface area contributed by atoms with Gasteiger partial charge >= 0.3 is 12.2 Å². The van der Waals surface area contributed by atoms with E-state index in [2.05, 4.69) is 22.5 Å². The van der Waals surface area contributed by atoms with E-state index in [1.165, 1.54) is 12.1 Å². The van der Waals surface area contributed by atoms with Crippen molar-refractivity contribution in [2.45, 2.75) is 6.18 Å². The Morgan fingerprint density at radius 1 is 0.931 bits per heavy atom. The van der Waals surface area contributed by atoms with Gasteiger partial charge in [0.1, 0.15) is 12.4 Å². The number of hydrogen-bond acceptors (Lipinski definition) is 2. The van der Waals surface area contributed by atoms with Crippen LogP contribution in [0.15, 0.2) is 66.7 Å². The fourth-order valence-electron chi connectivity index (χ4n) is 2.59. The number of carbonyl (C=O) groups excluding carboxylic acids is 1. The molecule has 0 aliphatic heterocycles. The number of anilines is 1. The van der Waals surface area contributed by atoms with E-state index < -0.39 is 17.8 Å². The number of hydrogen-bond donors (Lipinski definition) is 2. The lowest BCUT2D eigenvalue weighted by Gasteiger charge is -2.08. The molecule has 4 nitrogen and oxygen atoms in total. The maximum absolute atomic E-state index is 12.5. The van der Waals surface area contributed by atoms with Gasteiger partial charge in [-0.2, -0.15) is 13.2 Å². The van der Waals surface area contributed by atoms with Gasteiger partial charge in [0.25, 0.3) is 0 Å². The molecule has 0 bridgehead atoms. The van der Waals surface area contributed by atoms with Crippen molar-refractivity contribution >= 4 is 22.5 Å². The van der Waals surface area contributed by atoms with Crippen molar-refractivity contribution in [1.82, 2.24) is 5.32 Å². The maximum atomic E-state index is 12.5. The molecule has 0 aromatic heterocycles. The molecular formula is C22H17F3N2O2. The van der Waals surface area contributed by atoms with Gasteiger partial charge < -0.3 is 15.4 Å². The molecule has 0 radical (unpaired) electrons. The van der Waals surface area contributed by atoms with E-state index in [0.717, 1.165) is 28.7 Å². The van der Waals surface area contributed by atoms with Gasteiger partial charge in [0.15, 0.2) is 0 Å². The Kier molecular flexibility index (Phi) is 6.25. The van der Waals surface area contributed by atoms with Crippen molar-refractivity contribution in [2.24, 2.45) is 0 Å². The normalized spacial score (nSPS) is 10.7. The molecule has 0 unspecified atom stereocenters. The molecule has 0 aliphatic rings. The summed E-state index contributed by atoms with van der Waals surface area (Å²) in [6.45, 7) is 0.238. The molecule has 3 rings (SSSR count). The Labute approximate surface area is 165 Å². The number of nitrogens with one attached hydrogen (secondary N) is 2. The number of carbonyl (C=O) groups is 1. The largest absolute Gasteiger partial charge is 0.480 e. The minimum absolute atomic E-state index is 0.0748. The van der Waals surface area contributed by atoms with E-state index >= 15 is 0 Å². The molecule has 0 saturated heterocycles. The number of fused-ring (bicyclic) bond motifs is 1. The summed E-state index contributed by atoms with van der Waals surface area (Å²) in [5.74, 6) is 6.28. The summed E-state index contributed by atoms with van der Waals surface area (Å²) >= 11 is 0. The second-order valence-corrected chi connectivity index (χ2v) is 6.00. The monoisotopic (exact) mass is 398 g/mol. The zero-order chi connectivity index (χ0) is 20.7. The second-order valence-electron chi connectivity index (χ2n) is 6.00. The van der Waals surface area contributed by atoms with Gasteiger partial charge in [-0.05, 0) is 35.7 Å². The summed E-state index contributed by atoms with van der Waals surface area (Å²) in [4.78, 5) is 11.8. The zero-order valence-corrected chi connectivity index (χ0v) is 15.2. The van der Waals surface area contributed by atoms with Crippen LogP contribution in [0.4, 0.5) is 23.7 Å². The van der Waals surface area contributed by atoms with Crippen LogP contribution in [0.2, 0.25) is 0 Å². The highest BCUT2D eigenvalue weighted by Gasteiger charge is 2.29. The number of benzene rings is 3. The second kappa shape index (κ2) is 9.02. The van der Waals surface area contributed by atoms with Crippen LogP contribution in [0.1, 0.15) is 5.56 Å². The van der Waals surface area contributed by atoms with Crippen LogP contribution in [0.25, 0.3) is 10.8 Å². The zero-order valence-electron chi connectivity index (χ0n) is 15.2. The average Bonchev–Trinajstić information content (AvgIpc) is 2.70. The molecule has 3 aromatic rings. The fourth-order valence-corrected chi connectivity index (χ4v) is 2.59. The van der Waals surface area contributed by atoms with Gasteiger partial charge in [-0.25, -0.2) is 4.79 Å². The fraction of sp³-hybridized carbons (Fsp3) is 0.136. The average molecular weight is 398 g/mol. The molecule has 3 aromatic carbocycles. The Hall–Kier alpha value is -3.66. The highest BCUT2D eigenvalue weighted by molar-refractivity contribution is 5.89. The van der Waals surface area contributed by atoms with Crippen molar-refractivity contribution < 1.29 is 22.7 Å². The predicted molar refractivity (Wildman–Crippen MR) is 106 cm³/mol. The van der Waals surface area contributed by atoms with Crippen LogP contribution in [-0.2, 0) is 6.18 Å². The Morgan fingerprint density at radius 2 is 1.66 bits per heavy atom. The van der Waals surface area contributed by atoms with Crippen LogP contribution in [-0.4, -0.2) is 19.2 Å². The van der Waals surface area contributed by atoms with Gasteiger partial charge in [0, 0.05) is 11.1 Å². The quantitative estimate of drug-likeness (QED) is 0.604. The van der Waals surface area contributed by atoms with Crippen molar-refractivity contribution in [3.63, 3.8) is 0 Å². The van der Waals surface area contributed by atoms with Crippen molar-refractivity contribution in [2.75, 3.05) is 18.5 Å². The summed E-state index contributed by atoms with van der Waals surface area (Å²) in [5.41, 5.74) is -0.525. The molecule has 29 heavy (non-hydrogen) atoms. The van der Waals surface area contributed by atoms with Gasteiger partial charge in [0.2, 0.25) is 0 Å². The molecule has 2 amide bonds. The number of rotatable bonds is 4. The van der Waals surface area contributed by atoms with Gasteiger partial charge in [-0.15, -0.1) is 0 Å². The summed E-state index contributed by atoms with van der Waals surface area (Å²) in [6, 6.07) is 17.2. The number of urea groups is 1. The summed E-state index contributed by atoms with van der Waals surface area (Å²) < 4.78 is 43.2. The van der Waals surface area contributed by atoms with E-state index in [1.54, 1.807) is 0 Å². The smallest absolute Gasteiger partial charge is 0.416 e. The summed E-state index contributed by atoms with van der Waals surface area (Å²) in [6.07, 6.45) is -4.41. The Balaban J connectivity index is 1.43. The van der Waals surface area contributed by atoms with Gasteiger partial charge in [-0.3, -0.25) is 0 Å². The SMILES string of the molecule is O=C(NCC#CCOc1cccc2ccccc12)Nc1ccc(C(F)(F)F)cc1. The Bertz CT molecular complexity index is 1050. The first-order chi connectivity index (χ1) is 13.9. The van der Waals surface area contributed by atoms with E-state index in [-0.39, 0.29) is 18.8 Å². The van der Waals surface area contributed by atoms with Crippen LogP contribution in [0.5, 0.6) is 5.75 Å². The standard InChI is InChI=1S/C22H17F3N2O2/c23-22(24,25)17-10-12-18(13-11-17)27-21(28)26-14-3-4-15-29-20-9-5-7-16-6-1-2-8-19(16)20/h1-2,5-13H,14-15H2,(H2,26,27,28). The first kappa shape index (κ1) is 20.1. The first-order valence-electron chi connectivity index (χ1n) is 8.72. The molecule has 2 N–H and O–H groups in total. The minimum atomic E-state index is -4.41. The topological polar surface area (TPSA) is 50.4 Å². The van der Waals surface area contributed by atoms with E-state index in [4.69, 9.17) is 4.74 Å². The molecule has 0 saturated carbocycles. The van der Waals surface area contributed by atoms with E-state index in [0.29, 0.717) is 0 Å². The lowest BCUT2D eigenvalue weighted by Crippen LogP contribution is -2.29. The molecule has 0 heterocycles. The third-order valence-corrected chi connectivity index (χ3v) is 3.98. The van der Waals surface area contributed by atoms with Crippen molar-refractivity contribution in [3.05, 3.63) is 72.3 Å². The number of alkyl halides is 3. The maximum Gasteiger partial charge on any atom is 0.416 e. The highest BCUT2D eigenvalue weighted by atomic mass is 19.4. The first-order valence-corrected chi connectivity index (χ1v) is 8.72. The van der Waals surface area contributed by atoms with Crippen molar-refractivity contribution in [3.8, 4) is 17.6 Å². The lowest BCUT2D eigenvalue weighted by molar-refractivity contribution is -0.137. The van der Waals surface area contributed by atoms with E-state index in [9.17, 15) is 18.0 Å². The number of halogens is 3. The van der Waals surface area contributed by atoms with Crippen LogP contribution in [0.3, 0.4) is 0 Å². The summed E-state index contributed by atoms with van der Waals surface area (Å²) in [7, 11) is 0. The lowest BCUT2D eigenvalue weighted by atomic mass is 10.1. The predicted octanol–water partition coefficient (Wildman–Crippen LogP) is 5.06. The Morgan fingerprint density at radius 3 is 2.41 bits per heavy atom. The van der Waals surface area contributed by atoms with Crippen LogP contribution >= 0.6 is 0 Å². The molecule has 0 spiro atoms.